The predicted molar refractivity (Wildman–Crippen MR) is 242 cm³/mol. The number of rotatable bonds is 4. The summed E-state index contributed by atoms with van der Waals surface area (Å²) in [7, 11) is 0. The van der Waals surface area contributed by atoms with Crippen molar-refractivity contribution < 1.29 is 0 Å². The van der Waals surface area contributed by atoms with Gasteiger partial charge in [0.15, 0.2) is 0 Å². The SMILES string of the molecule is c1ccc2c(-c3ccc(-c4ccc5ccc6c(-c7ccc(-c8cccc9ccccc89)c8ccccc78)ccc7ccc4c5c76)c4ccccc34)cccc2c1. The van der Waals surface area contributed by atoms with Crippen molar-refractivity contribution in [2.45, 2.75) is 0 Å². The lowest BCUT2D eigenvalue weighted by Crippen LogP contribution is -1.92. The smallest absolute Gasteiger partial charge is 0.00203 e. The van der Waals surface area contributed by atoms with E-state index in [1.165, 1.54) is 120 Å². The largest absolute Gasteiger partial charge is 0.0616 e. The Morgan fingerprint density at radius 1 is 0.143 bits per heavy atom. The van der Waals surface area contributed by atoms with Gasteiger partial charge in [-0.2, -0.15) is 0 Å². The fourth-order valence-electron chi connectivity index (χ4n) is 9.73. The summed E-state index contributed by atoms with van der Waals surface area (Å²) in [5, 5.41) is 17.9. The predicted octanol–water partition coefficient (Wildman–Crippen LogP) is 15.9. The lowest BCUT2D eigenvalue weighted by molar-refractivity contribution is 1.66. The summed E-state index contributed by atoms with van der Waals surface area (Å²) in [4.78, 5) is 0. The van der Waals surface area contributed by atoms with Crippen LogP contribution in [0.25, 0.3) is 120 Å². The zero-order valence-corrected chi connectivity index (χ0v) is 30.6. The first kappa shape index (κ1) is 31.1. The molecule has 0 fully saturated rings. The van der Waals surface area contributed by atoms with Crippen molar-refractivity contribution in [1.82, 2.24) is 0 Å². The molecule has 0 saturated heterocycles. The van der Waals surface area contributed by atoms with E-state index in [1.807, 2.05) is 0 Å². The molecule has 0 aliphatic heterocycles. The van der Waals surface area contributed by atoms with E-state index in [9.17, 15) is 0 Å². The van der Waals surface area contributed by atoms with Crippen molar-refractivity contribution in [1.29, 1.82) is 0 Å². The summed E-state index contributed by atoms with van der Waals surface area (Å²) in [5.41, 5.74) is 10.1. The van der Waals surface area contributed by atoms with Crippen LogP contribution in [0.4, 0.5) is 0 Å². The molecule has 0 bridgehead atoms. The van der Waals surface area contributed by atoms with E-state index in [4.69, 9.17) is 0 Å². The van der Waals surface area contributed by atoms with Crippen molar-refractivity contribution in [2.75, 3.05) is 0 Å². The van der Waals surface area contributed by atoms with E-state index in [0.717, 1.165) is 0 Å². The second-order valence-corrected chi connectivity index (χ2v) is 15.1. The minimum atomic E-state index is 1.26. The first-order valence-corrected chi connectivity index (χ1v) is 19.5. The van der Waals surface area contributed by atoms with Gasteiger partial charge in [0.2, 0.25) is 0 Å². The molecule has 0 heterocycles. The molecule has 0 aliphatic carbocycles. The molecule has 0 aromatic heterocycles. The molecule has 0 N–H and O–H groups in total. The molecule has 0 heteroatoms. The van der Waals surface area contributed by atoms with Gasteiger partial charge >= 0.3 is 0 Å². The second-order valence-electron chi connectivity index (χ2n) is 15.1. The van der Waals surface area contributed by atoms with E-state index in [-0.39, 0.29) is 0 Å². The van der Waals surface area contributed by atoms with Gasteiger partial charge in [0, 0.05) is 0 Å². The van der Waals surface area contributed by atoms with Gasteiger partial charge in [0.1, 0.15) is 0 Å². The van der Waals surface area contributed by atoms with E-state index < -0.39 is 0 Å². The van der Waals surface area contributed by atoms with Gasteiger partial charge in [0.05, 0.1) is 0 Å². The van der Waals surface area contributed by atoms with Crippen LogP contribution in [0.5, 0.6) is 0 Å². The second kappa shape index (κ2) is 12.1. The van der Waals surface area contributed by atoms with Gasteiger partial charge in [-0.05, 0) is 120 Å². The summed E-state index contributed by atoms with van der Waals surface area (Å²) in [6.07, 6.45) is 0. The van der Waals surface area contributed by atoms with E-state index >= 15 is 0 Å². The summed E-state index contributed by atoms with van der Waals surface area (Å²) in [6.45, 7) is 0. The molecule has 0 spiro atoms. The maximum Gasteiger partial charge on any atom is -0.00203 e. The molecule has 56 heavy (non-hydrogen) atoms. The first-order chi connectivity index (χ1) is 27.8. The lowest BCUT2D eigenvalue weighted by atomic mass is 9.84. The maximum absolute atomic E-state index is 2.35. The van der Waals surface area contributed by atoms with Crippen molar-refractivity contribution in [2.24, 2.45) is 0 Å². The van der Waals surface area contributed by atoms with Crippen molar-refractivity contribution in [3.05, 3.63) is 206 Å². The highest BCUT2D eigenvalue weighted by Gasteiger charge is 2.19. The van der Waals surface area contributed by atoms with E-state index in [1.54, 1.807) is 0 Å². The molecule has 258 valence electrons. The van der Waals surface area contributed by atoms with Gasteiger partial charge < -0.3 is 0 Å². The van der Waals surface area contributed by atoms with Crippen LogP contribution in [-0.4, -0.2) is 0 Å². The minimum Gasteiger partial charge on any atom is -0.0616 e. The van der Waals surface area contributed by atoms with Gasteiger partial charge in [-0.1, -0.05) is 206 Å². The Labute approximate surface area is 324 Å². The molecule has 0 saturated carbocycles. The molecule has 0 radical (unpaired) electrons. The minimum absolute atomic E-state index is 1.26. The molecule has 12 rings (SSSR count). The number of fused-ring (bicyclic) bond motifs is 4. The molecule has 0 amide bonds. The van der Waals surface area contributed by atoms with E-state index in [0.29, 0.717) is 0 Å². The average Bonchev–Trinajstić information content (AvgIpc) is 3.27. The summed E-state index contributed by atoms with van der Waals surface area (Å²) in [6, 6.07) is 76.6. The van der Waals surface area contributed by atoms with Crippen LogP contribution in [0, 0.1) is 0 Å². The monoisotopic (exact) mass is 706 g/mol. The molecule has 0 unspecified atom stereocenters. The van der Waals surface area contributed by atoms with Crippen LogP contribution < -0.4 is 0 Å². The topological polar surface area (TPSA) is 0 Å². The van der Waals surface area contributed by atoms with Gasteiger partial charge in [-0.25, -0.2) is 0 Å². The fraction of sp³-hybridized carbons (Fsp3) is 0. The van der Waals surface area contributed by atoms with Crippen molar-refractivity contribution >= 4 is 75.4 Å². The normalized spacial score (nSPS) is 11.9. The Balaban J connectivity index is 1.07. The molecular formula is C56H34. The summed E-state index contributed by atoms with van der Waals surface area (Å²) in [5.74, 6) is 0. The maximum atomic E-state index is 2.35. The summed E-state index contributed by atoms with van der Waals surface area (Å²) >= 11 is 0. The van der Waals surface area contributed by atoms with Gasteiger partial charge in [-0.3, -0.25) is 0 Å². The number of hydrogen-bond acceptors (Lipinski definition) is 0. The third kappa shape index (κ3) is 4.54. The van der Waals surface area contributed by atoms with Gasteiger partial charge in [0.25, 0.3) is 0 Å². The zero-order chi connectivity index (χ0) is 36.7. The first-order valence-electron chi connectivity index (χ1n) is 19.5. The standard InChI is InChI=1S/C56H34/c1-3-15-39-35(11-1)13-9-21-41(39)47-31-33-49(45-19-7-5-17-43(45)47)51-27-23-37-26-30-54-52(28-24-38-25-29-53(51)55(37)56(38)54)50-34-32-48(44-18-6-8-20-46(44)50)42-22-10-14-36-12-2-4-16-40(36)42/h1-34H. The van der Waals surface area contributed by atoms with Crippen LogP contribution in [0.2, 0.25) is 0 Å². The van der Waals surface area contributed by atoms with Crippen LogP contribution in [-0.2, 0) is 0 Å². The Kier molecular flexibility index (Phi) is 6.73. The Hall–Kier alpha value is -7.28. The summed E-state index contributed by atoms with van der Waals surface area (Å²) < 4.78 is 0. The Morgan fingerprint density at radius 2 is 0.411 bits per heavy atom. The highest BCUT2D eigenvalue weighted by molar-refractivity contribution is 6.29. The van der Waals surface area contributed by atoms with Crippen LogP contribution in [0.1, 0.15) is 0 Å². The van der Waals surface area contributed by atoms with E-state index in [2.05, 4.69) is 206 Å². The third-order valence-electron chi connectivity index (χ3n) is 12.3. The van der Waals surface area contributed by atoms with Crippen molar-refractivity contribution in [3.63, 3.8) is 0 Å². The Bertz CT molecular complexity index is 3280. The highest BCUT2D eigenvalue weighted by Crippen LogP contribution is 2.46. The number of benzene rings is 12. The Morgan fingerprint density at radius 3 is 0.804 bits per heavy atom. The molecular weight excluding hydrogens is 673 g/mol. The molecule has 0 aliphatic rings. The molecule has 12 aromatic carbocycles. The van der Waals surface area contributed by atoms with Crippen LogP contribution in [0.3, 0.4) is 0 Å². The average molecular weight is 707 g/mol. The van der Waals surface area contributed by atoms with Crippen LogP contribution >= 0.6 is 0 Å². The zero-order valence-electron chi connectivity index (χ0n) is 30.6. The lowest BCUT2D eigenvalue weighted by Gasteiger charge is -2.19. The van der Waals surface area contributed by atoms with Crippen molar-refractivity contribution in [3.8, 4) is 44.5 Å². The van der Waals surface area contributed by atoms with Crippen LogP contribution in [0.15, 0.2) is 206 Å². The highest BCUT2D eigenvalue weighted by atomic mass is 14.2. The quantitative estimate of drug-likeness (QED) is 0.160. The molecule has 12 aromatic rings. The molecule has 0 nitrogen and oxygen atoms in total. The molecule has 0 atom stereocenters. The van der Waals surface area contributed by atoms with Gasteiger partial charge in [-0.15, -0.1) is 0 Å². The third-order valence-corrected chi connectivity index (χ3v) is 12.3. The fourth-order valence-corrected chi connectivity index (χ4v) is 9.73. The number of hydrogen-bond donors (Lipinski definition) is 0.